The molecule has 1 aromatic rings. The zero-order valence-electron chi connectivity index (χ0n) is 11.5. The van der Waals surface area contributed by atoms with Crippen LogP contribution in [-0.2, 0) is 0 Å². The Morgan fingerprint density at radius 3 is 3.17 bits per heavy atom. The fourth-order valence-electron chi connectivity index (χ4n) is 2.40. The van der Waals surface area contributed by atoms with Crippen LogP contribution in [0.3, 0.4) is 0 Å². The van der Waals surface area contributed by atoms with Gasteiger partial charge in [-0.2, -0.15) is 0 Å². The molecule has 18 heavy (non-hydrogen) atoms. The summed E-state index contributed by atoms with van der Waals surface area (Å²) in [6.45, 7) is 9.56. The maximum Gasteiger partial charge on any atom is 0.119 e. The van der Waals surface area contributed by atoms with Crippen LogP contribution in [0.4, 0.5) is 0 Å². The van der Waals surface area contributed by atoms with Crippen LogP contribution in [0.15, 0.2) is 24.3 Å². The molecule has 1 atom stereocenters. The summed E-state index contributed by atoms with van der Waals surface area (Å²) in [5.74, 6) is 0.982. The van der Waals surface area contributed by atoms with Crippen molar-refractivity contribution < 1.29 is 4.74 Å². The van der Waals surface area contributed by atoms with Gasteiger partial charge in [-0.25, -0.2) is 0 Å². The molecule has 0 radical (unpaired) electrons. The van der Waals surface area contributed by atoms with E-state index in [0.717, 1.165) is 32.0 Å². The second-order valence-electron chi connectivity index (χ2n) is 5.17. The smallest absolute Gasteiger partial charge is 0.119 e. The van der Waals surface area contributed by atoms with Crippen LogP contribution in [0.25, 0.3) is 0 Å². The number of aryl methyl sites for hydroxylation is 1. The van der Waals surface area contributed by atoms with Gasteiger partial charge in [0.05, 0.1) is 0 Å². The van der Waals surface area contributed by atoms with Crippen molar-refractivity contribution in [3.63, 3.8) is 0 Å². The van der Waals surface area contributed by atoms with Crippen molar-refractivity contribution in [2.24, 2.45) is 0 Å². The van der Waals surface area contributed by atoms with Crippen LogP contribution in [0, 0.1) is 6.92 Å². The van der Waals surface area contributed by atoms with E-state index >= 15 is 0 Å². The second-order valence-corrected chi connectivity index (χ2v) is 5.17. The van der Waals surface area contributed by atoms with Gasteiger partial charge in [-0.15, -0.1) is 0 Å². The first-order valence-electron chi connectivity index (χ1n) is 6.89. The molecule has 1 unspecified atom stereocenters. The predicted molar refractivity (Wildman–Crippen MR) is 75.2 cm³/mol. The fraction of sp³-hybridized carbons (Fsp3) is 0.600. The first-order chi connectivity index (χ1) is 8.74. The summed E-state index contributed by atoms with van der Waals surface area (Å²) >= 11 is 0. The van der Waals surface area contributed by atoms with Gasteiger partial charge in [0.2, 0.25) is 0 Å². The van der Waals surface area contributed by atoms with E-state index in [1.807, 2.05) is 12.1 Å². The van der Waals surface area contributed by atoms with Crippen molar-refractivity contribution in [2.75, 3.05) is 32.8 Å². The molecule has 0 saturated carbocycles. The van der Waals surface area contributed by atoms with E-state index in [0.29, 0.717) is 6.04 Å². The monoisotopic (exact) mass is 248 g/mol. The molecule has 1 N–H and O–H groups in total. The molecule has 1 saturated heterocycles. The lowest BCUT2D eigenvalue weighted by Crippen LogP contribution is -2.37. The van der Waals surface area contributed by atoms with E-state index in [9.17, 15) is 0 Å². The molecule has 1 aliphatic rings. The van der Waals surface area contributed by atoms with E-state index in [-0.39, 0.29) is 0 Å². The number of hydrogen-bond acceptors (Lipinski definition) is 3. The average Bonchev–Trinajstić information content (AvgIpc) is 2.54. The highest BCUT2D eigenvalue weighted by atomic mass is 16.5. The number of benzene rings is 1. The van der Waals surface area contributed by atoms with Crippen LogP contribution in [-0.4, -0.2) is 43.7 Å². The van der Waals surface area contributed by atoms with Crippen LogP contribution in [0.1, 0.15) is 18.9 Å². The maximum absolute atomic E-state index is 5.80. The summed E-state index contributed by atoms with van der Waals surface area (Å²) in [4.78, 5) is 2.49. The number of nitrogens with zero attached hydrogens (tertiary/aromatic N) is 1. The summed E-state index contributed by atoms with van der Waals surface area (Å²) in [6.07, 6.45) is 1.23. The minimum Gasteiger partial charge on any atom is -0.492 e. The highest BCUT2D eigenvalue weighted by molar-refractivity contribution is 5.27. The Morgan fingerprint density at radius 1 is 1.44 bits per heavy atom. The Balaban J connectivity index is 1.74. The van der Waals surface area contributed by atoms with Gasteiger partial charge in [-0.3, -0.25) is 4.90 Å². The molecule has 0 aliphatic carbocycles. The maximum atomic E-state index is 5.80. The van der Waals surface area contributed by atoms with Gasteiger partial charge in [0.25, 0.3) is 0 Å². The highest BCUT2D eigenvalue weighted by Crippen LogP contribution is 2.12. The molecule has 0 bridgehead atoms. The largest absolute Gasteiger partial charge is 0.492 e. The molecule has 1 fully saturated rings. The lowest BCUT2D eigenvalue weighted by Gasteiger charge is -2.22. The first-order valence-corrected chi connectivity index (χ1v) is 6.89. The zero-order chi connectivity index (χ0) is 12.8. The van der Waals surface area contributed by atoms with Crippen LogP contribution in [0.5, 0.6) is 5.75 Å². The average molecular weight is 248 g/mol. The minimum atomic E-state index is 0.589. The van der Waals surface area contributed by atoms with E-state index in [1.165, 1.54) is 18.5 Å². The molecule has 3 heteroatoms. The van der Waals surface area contributed by atoms with E-state index in [1.54, 1.807) is 0 Å². The topological polar surface area (TPSA) is 24.5 Å². The Bertz CT molecular complexity index is 367. The van der Waals surface area contributed by atoms with Gasteiger partial charge in [-0.1, -0.05) is 12.1 Å². The third-order valence-electron chi connectivity index (χ3n) is 3.34. The van der Waals surface area contributed by atoms with Crippen LogP contribution >= 0.6 is 0 Å². The zero-order valence-corrected chi connectivity index (χ0v) is 11.5. The van der Waals surface area contributed by atoms with Gasteiger partial charge in [-0.05, 0) is 51.1 Å². The Kier molecular flexibility index (Phi) is 5.02. The Labute approximate surface area is 110 Å². The molecule has 1 aromatic carbocycles. The molecular weight excluding hydrogens is 224 g/mol. The van der Waals surface area contributed by atoms with E-state index in [4.69, 9.17) is 4.74 Å². The van der Waals surface area contributed by atoms with Crippen molar-refractivity contribution in [2.45, 2.75) is 26.3 Å². The molecule has 3 nitrogen and oxygen atoms in total. The summed E-state index contributed by atoms with van der Waals surface area (Å²) < 4.78 is 5.80. The Hall–Kier alpha value is -1.06. The van der Waals surface area contributed by atoms with Crippen molar-refractivity contribution >= 4 is 0 Å². The Morgan fingerprint density at radius 2 is 2.33 bits per heavy atom. The summed E-state index contributed by atoms with van der Waals surface area (Å²) in [5.41, 5.74) is 1.25. The quantitative estimate of drug-likeness (QED) is 0.882. The highest BCUT2D eigenvalue weighted by Gasteiger charge is 2.13. The number of ether oxygens (including phenoxy) is 1. The number of rotatable bonds is 4. The summed E-state index contributed by atoms with van der Waals surface area (Å²) in [6, 6.07) is 8.84. The predicted octanol–water partition coefficient (Wildman–Crippen LogP) is 2.06. The number of hydrogen-bond donors (Lipinski definition) is 1. The van der Waals surface area contributed by atoms with Gasteiger partial charge < -0.3 is 10.1 Å². The number of nitrogens with one attached hydrogen (secondary N) is 1. The summed E-state index contributed by atoms with van der Waals surface area (Å²) in [5, 5.41) is 3.51. The van der Waals surface area contributed by atoms with Gasteiger partial charge >= 0.3 is 0 Å². The molecule has 100 valence electrons. The van der Waals surface area contributed by atoms with E-state index < -0.39 is 0 Å². The van der Waals surface area contributed by atoms with Crippen LogP contribution < -0.4 is 10.1 Å². The molecule has 0 aromatic heterocycles. The van der Waals surface area contributed by atoms with Gasteiger partial charge in [0.1, 0.15) is 12.4 Å². The van der Waals surface area contributed by atoms with Gasteiger partial charge in [0, 0.05) is 19.1 Å². The SMILES string of the molecule is Cc1cccc(OCCN2CCCNC(C)C2)c1. The van der Waals surface area contributed by atoms with Crippen LogP contribution in [0.2, 0.25) is 0 Å². The third-order valence-corrected chi connectivity index (χ3v) is 3.34. The molecule has 0 spiro atoms. The second kappa shape index (κ2) is 6.76. The van der Waals surface area contributed by atoms with Crippen molar-refractivity contribution in [3.05, 3.63) is 29.8 Å². The molecule has 1 aliphatic heterocycles. The minimum absolute atomic E-state index is 0.589. The van der Waals surface area contributed by atoms with Gasteiger partial charge in [0.15, 0.2) is 0 Å². The lowest BCUT2D eigenvalue weighted by molar-refractivity contribution is 0.208. The molecule has 0 amide bonds. The normalized spacial score (nSPS) is 21.6. The van der Waals surface area contributed by atoms with Crippen molar-refractivity contribution in [3.8, 4) is 5.75 Å². The van der Waals surface area contributed by atoms with Crippen molar-refractivity contribution in [1.29, 1.82) is 0 Å². The molecular formula is C15H24N2O. The summed E-state index contributed by atoms with van der Waals surface area (Å²) in [7, 11) is 0. The molecule has 2 rings (SSSR count). The standard InChI is InChI=1S/C15H24N2O/c1-13-5-3-6-15(11-13)18-10-9-17-8-4-7-16-14(2)12-17/h3,5-6,11,14,16H,4,7-10,12H2,1-2H3. The first kappa shape index (κ1) is 13.4. The third kappa shape index (κ3) is 4.31. The lowest BCUT2D eigenvalue weighted by atomic mass is 10.2. The molecule has 1 heterocycles. The van der Waals surface area contributed by atoms with E-state index in [2.05, 4.69) is 36.2 Å². The fourth-order valence-corrected chi connectivity index (χ4v) is 2.40. The van der Waals surface area contributed by atoms with Crippen molar-refractivity contribution in [1.82, 2.24) is 10.2 Å².